The highest BCUT2D eigenvalue weighted by Gasteiger charge is 2.05. The molecule has 0 aliphatic heterocycles. The molecular weight excluding hydrogens is 212 g/mol. The minimum Gasteiger partial charge on any atom is -0.326 e. The maximum atomic E-state index is 11.6. The number of carbonyl (C=O) groups excluding carboxylic acids is 1. The molecule has 0 radical (unpaired) electrons. The molecule has 2 N–H and O–H groups in total. The predicted molar refractivity (Wildman–Crippen MR) is 71.9 cm³/mol. The van der Waals surface area contributed by atoms with Gasteiger partial charge < -0.3 is 10.6 Å². The van der Waals surface area contributed by atoms with Gasteiger partial charge in [0.1, 0.15) is 0 Å². The van der Waals surface area contributed by atoms with Crippen molar-refractivity contribution in [2.24, 2.45) is 0 Å². The van der Waals surface area contributed by atoms with Crippen LogP contribution in [0.5, 0.6) is 0 Å². The minimum atomic E-state index is 0.0360. The topological polar surface area (TPSA) is 41.1 Å². The standard InChI is InChI=1S/C14H20N2O/c1-3-5-10-14(17)16-13-9-7-6-8-12(13)11-15-4-2/h3,6-9,15H,1,4-5,10-11H2,2H3,(H,16,17). The number of benzene rings is 1. The molecule has 0 aliphatic carbocycles. The summed E-state index contributed by atoms with van der Waals surface area (Å²) in [4.78, 5) is 11.6. The first kappa shape index (κ1) is 13.5. The minimum absolute atomic E-state index is 0.0360. The molecule has 1 rings (SSSR count). The van der Waals surface area contributed by atoms with E-state index in [4.69, 9.17) is 0 Å². The van der Waals surface area contributed by atoms with E-state index in [2.05, 4.69) is 24.1 Å². The normalized spacial score (nSPS) is 9.94. The number of hydrogen-bond acceptors (Lipinski definition) is 2. The highest BCUT2D eigenvalue weighted by Crippen LogP contribution is 2.15. The number of hydrogen-bond donors (Lipinski definition) is 2. The molecule has 0 atom stereocenters. The molecule has 0 unspecified atom stereocenters. The van der Waals surface area contributed by atoms with Gasteiger partial charge in [0.05, 0.1) is 0 Å². The van der Waals surface area contributed by atoms with E-state index in [9.17, 15) is 4.79 Å². The van der Waals surface area contributed by atoms with Crippen LogP contribution in [0, 0.1) is 0 Å². The Morgan fingerprint density at radius 1 is 1.41 bits per heavy atom. The van der Waals surface area contributed by atoms with Crippen LogP contribution >= 0.6 is 0 Å². The smallest absolute Gasteiger partial charge is 0.224 e. The number of amides is 1. The fourth-order valence-electron chi connectivity index (χ4n) is 1.50. The summed E-state index contributed by atoms with van der Waals surface area (Å²) >= 11 is 0. The van der Waals surface area contributed by atoms with Gasteiger partial charge in [-0.25, -0.2) is 0 Å². The summed E-state index contributed by atoms with van der Waals surface area (Å²) in [6.07, 6.45) is 2.95. The SMILES string of the molecule is C=CCCC(=O)Nc1ccccc1CNCC. The van der Waals surface area contributed by atoms with Crippen LogP contribution in [0.4, 0.5) is 5.69 Å². The average molecular weight is 232 g/mol. The van der Waals surface area contributed by atoms with Gasteiger partial charge in [0, 0.05) is 18.7 Å². The van der Waals surface area contributed by atoms with Crippen molar-refractivity contribution in [2.45, 2.75) is 26.3 Å². The number of para-hydroxylation sites is 1. The molecule has 1 amide bonds. The molecule has 3 heteroatoms. The van der Waals surface area contributed by atoms with Gasteiger partial charge in [-0.05, 0) is 24.6 Å². The van der Waals surface area contributed by atoms with E-state index >= 15 is 0 Å². The van der Waals surface area contributed by atoms with E-state index in [0.29, 0.717) is 12.8 Å². The zero-order chi connectivity index (χ0) is 12.5. The van der Waals surface area contributed by atoms with Crippen LogP contribution in [0.25, 0.3) is 0 Å². The first-order chi connectivity index (χ1) is 8.27. The van der Waals surface area contributed by atoms with Crippen molar-refractivity contribution in [1.82, 2.24) is 5.32 Å². The fraction of sp³-hybridized carbons (Fsp3) is 0.357. The zero-order valence-electron chi connectivity index (χ0n) is 10.3. The van der Waals surface area contributed by atoms with Crippen molar-refractivity contribution in [3.63, 3.8) is 0 Å². The number of allylic oxidation sites excluding steroid dienone is 1. The van der Waals surface area contributed by atoms with Gasteiger partial charge in [-0.3, -0.25) is 4.79 Å². The van der Waals surface area contributed by atoms with Crippen LogP contribution in [-0.2, 0) is 11.3 Å². The Bertz CT molecular complexity index is 374. The summed E-state index contributed by atoms with van der Waals surface area (Å²) in [5, 5.41) is 6.18. The van der Waals surface area contributed by atoms with Crippen molar-refractivity contribution in [3.05, 3.63) is 42.5 Å². The summed E-state index contributed by atoms with van der Waals surface area (Å²) in [5.41, 5.74) is 2.00. The van der Waals surface area contributed by atoms with E-state index in [-0.39, 0.29) is 5.91 Å². The first-order valence-corrected chi connectivity index (χ1v) is 5.97. The van der Waals surface area contributed by atoms with Crippen LogP contribution in [0.3, 0.4) is 0 Å². The highest BCUT2D eigenvalue weighted by atomic mass is 16.1. The number of carbonyl (C=O) groups is 1. The molecule has 92 valence electrons. The van der Waals surface area contributed by atoms with E-state index in [1.807, 2.05) is 24.3 Å². The molecule has 0 spiro atoms. The van der Waals surface area contributed by atoms with Crippen molar-refractivity contribution < 1.29 is 4.79 Å². The number of anilines is 1. The van der Waals surface area contributed by atoms with Gasteiger partial charge in [0.25, 0.3) is 0 Å². The Morgan fingerprint density at radius 2 is 2.18 bits per heavy atom. The molecule has 0 heterocycles. The summed E-state index contributed by atoms with van der Waals surface area (Å²) < 4.78 is 0. The third-order valence-corrected chi connectivity index (χ3v) is 2.43. The van der Waals surface area contributed by atoms with Crippen LogP contribution in [0.15, 0.2) is 36.9 Å². The average Bonchev–Trinajstić information content (AvgIpc) is 2.35. The van der Waals surface area contributed by atoms with Crippen LogP contribution in [0.1, 0.15) is 25.3 Å². The quantitative estimate of drug-likeness (QED) is 0.710. The van der Waals surface area contributed by atoms with Crippen molar-refractivity contribution in [2.75, 3.05) is 11.9 Å². The largest absolute Gasteiger partial charge is 0.326 e. The molecule has 0 saturated carbocycles. The second-order valence-electron chi connectivity index (χ2n) is 3.81. The Kier molecular flexibility index (Phi) is 6.04. The second-order valence-corrected chi connectivity index (χ2v) is 3.81. The van der Waals surface area contributed by atoms with Gasteiger partial charge in [-0.15, -0.1) is 6.58 Å². The predicted octanol–water partition coefficient (Wildman–Crippen LogP) is 2.70. The maximum absolute atomic E-state index is 11.6. The number of rotatable bonds is 7. The molecule has 17 heavy (non-hydrogen) atoms. The molecule has 1 aromatic carbocycles. The first-order valence-electron chi connectivity index (χ1n) is 5.97. The molecule has 0 saturated heterocycles. The van der Waals surface area contributed by atoms with E-state index in [1.54, 1.807) is 6.08 Å². The summed E-state index contributed by atoms with van der Waals surface area (Å²) in [7, 11) is 0. The van der Waals surface area contributed by atoms with Crippen LogP contribution < -0.4 is 10.6 Å². The lowest BCUT2D eigenvalue weighted by Gasteiger charge is -2.10. The Morgan fingerprint density at radius 3 is 2.88 bits per heavy atom. The Balaban J connectivity index is 2.62. The van der Waals surface area contributed by atoms with Crippen LogP contribution in [-0.4, -0.2) is 12.5 Å². The van der Waals surface area contributed by atoms with Gasteiger partial charge in [0.2, 0.25) is 5.91 Å². The molecule has 0 aliphatic rings. The fourth-order valence-corrected chi connectivity index (χ4v) is 1.50. The summed E-state index contributed by atoms with van der Waals surface area (Å²) in [6, 6.07) is 7.86. The van der Waals surface area contributed by atoms with Gasteiger partial charge in [-0.1, -0.05) is 31.2 Å². The zero-order valence-corrected chi connectivity index (χ0v) is 10.3. The Labute approximate surface area is 103 Å². The van der Waals surface area contributed by atoms with Gasteiger partial charge in [0.15, 0.2) is 0 Å². The second kappa shape index (κ2) is 7.63. The van der Waals surface area contributed by atoms with E-state index in [1.165, 1.54) is 0 Å². The monoisotopic (exact) mass is 232 g/mol. The molecule has 0 aromatic heterocycles. The van der Waals surface area contributed by atoms with E-state index < -0.39 is 0 Å². The van der Waals surface area contributed by atoms with Crippen molar-refractivity contribution in [1.29, 1.82) is 0 Å². The lowest BCUT2D eigenvalue weighted by atomic mass is 10.1. The molecule has 0 bridgehead atoms. The third kappa shape index (κ3) is 4.83. The van der Waals surface area contributed by atoms with Gasteiger partial charge >= 0.3 is 0 Å². The molecular formula is C14H20N2O. The highest BCUT2D eigenvalue weighted by molar-refractivity contribution is 5.91. The Hall–Kier alpha value is -1.61. The summed E-state index contributed by atoms with van der Waals surface area (Å²) in [6.45, 7) is 7.36. The molecule has 3 nitrogen and oxygen atoms in total. The third-order valence-electron chi connectivity index (χ3n) is 2.43. The molecule has 1 aromatic rings. The van der Waals surface area contributed by atoms with Crippen LogP contribution in [0.2, 0.25) is 0 Å². The van der Waals surface area contributed by atoms with Crippen molar-refractivity contribution >= 4 is 11.6 Å². The maximum Gasteiger partial charge on any atom is 0.224 e. The molecule has 0 fully saturated rings. The lowest BCUT2D eigenvalue weighted by Crippen LogP contribution is -2.16. The summed E-state index contributed by atoms with van der Waals surface area (Å²) in [5.74, 6) is 0.0360. The van der Waals surface area contributed by atoms with E-state index in [0.717, 1.165) is 24.3 Å². The number of nitrogens with one attached hydrogen (secondary N) is 2. The van der Waals surface area contributed by atoms with Gasteiger partial charge in [-0.2, -0.15) is 0 Å². The van der Waals surface area contributed by atoms with Crippen molar-refractivity contribution in [3.8, 4) is 0 Å². The lowest BCUT2D eigenvalue weighted by molar-refractivity contribution is -0.116.